The third-order valence-electron chi connectivity index (χ3n) is 6.25. The fraction of sp³-hybridized carbons (Fsp3) is 0.409. The molecule has 2 aromatic carbocycles. The van der Waals surface area contributed by atoms with Crippen LogP contribution in [0.25, 0.3) is 0 Å². The summed E-state index contributed by atoms with van der Waals surface area (Å²) in [5.41, 5.74) is 2.12. The smallest absolute Gasteiger partial charge is 0.457 e. The number of rotatable bonds is 1. The quantitative estimate of drug-likeness (QED) is 0.711. The molecular formula is C22H24BNO3. The highest BCUT2D eigenvalue weighted by Crippen LogP contribution is 2.48. The van der Waals surface area contributed by atoms with Crippen molar-refractivity contribution in [3.8, 4) is 17.6 Å². The maximum atomic E-state index is 9.75. The van der Waals surface area contributed by atoms with E-state index in [4.69, 9.17) is 14.0 Å². The van der Waals surface area contributed by atoms with Gasteiger partial charge in [0.05, 0.1) is 22.8 Å². The Kier molecular flexibility index (Phi) is 3.76. The van der Waals surface area contributed by atoms with Crippen LogP contribution >= 0.6 is 0 Å². The number of hydrogen-bond acceptors (Lipinski definition) is 4. The van der Waals surface area contributed by atoms with Crippen LogP contribution in [0, 0.1) is 11.3 Å². The van der Waals surface area contributed by atoms with Crippen molar-refractivity contribution in [3.05, 3.63) is 53.1 Å². The van der Waals surface area contributed by atoms with Gasteiger partial charge in [-0.25, -0.2) is 0 Å². The number of fused-ring (bicyclic) bond motifs is 2. The molecule has 0 saturated carbocycles. The highest BCUT2D eigenvalue weighted by atomic mass is 16.7. The normalized spacial score (nSPS) is 21.0. The summed E-state index contributed by atoms with van der Waals surface area (Å²) < 4.78 is 18.8. The topological polar surface area (TPSA) is 51.5 Å². The van der Waals surface area contributed by atoms with Crippen LogP contribution in [0.2, 0.25) is 0 Å². The Bertz CT molecular complexity index is 956. The second kappa shape index (κ2) is 5.61. The minimum atomic E-state index is -0.652. The van der Waals surface area contributed by atoms with Crippen LogP contribution in [0.5, 0.6) is 11.5 Å². The molecule has 27 heavy (non-hydrogen) atoms. The van der Waals surface area contributed by atoms with Crippen molar-refractivity contribution in [2.24, 2.45) is 0 Å². The fourth-order valence-electron chi connectivity index (χ4n) is 3.82. The lowest BCUT2D eigenvalue weighted by Crippen LogP contribution is -2.41. The molecular weight excluding hydrogens is 337 g/mol. The predicted octanol–water partition coefficient (Wildman–Crippen LogP) is 4.29. The van der Waals surface area contributed by atoms with Gasteiger partial charge in [-0.1, -0.05) is 38.1 Å². The maximum absolute atomic E-state index is 9.75. The molecule has 138 valence electrons. The lowest BCUT2D eigenvalue weighted by Gasteiger charge is -2.36. The van der Waals surface area contributed by atoms with Gasteiger partial charge in [0.25, 0.3) is 0 Å². The van der Waals surface area contributed by atoms with Gasteiger partial charge in [-0.2, -0.15) is 5.26 Å². The van der Waals surface area contributed by atoms with E-state index < -0.39 is 18.3 Å². The molecule has 0 spiro atoms. The van der Waals surface area contributed by atoms with E-state index in [9.17, 15) is 5.26 Å². The van der Waals surface area contributed by atoms with Gasteiger partial charge < -0.3 is 14.0 Å². The van der Waals surface area contributed by atoms with Crippen molar-refractivity contribution in [2.75, 3.05) is 0 Å². The molecule has 0 bridgehead atoms. The summed E-state index contributed by atoms with van der Waals surface area (Å²) in [4.78, 5) is 0. The van der Waals surface area contributed by atoms with Crippen molar-refractivity contribution in [2.45, 2.75) is 58.2 Å². The number of para-hydroxylation sites is 1. The van der Waals surface area contributed by atoms with Crippen molar-refractivity contribution >= 4 is 12.6 Å². The molecule has 4 nitrogen and oxygen atoms in total. The average Bonchev–Trinajstić information content (AvgIpc) is 2.81. The first-order chi connectivity index (χ1) is 12.6. The van der Waals surface area contributed by atoms with E-state index in [2.05, 4.69) is 26.0 Å². The van der Waals surface area contributed by atoms with E-state index in [0.717, 1.165) is 16.9 Å². The Labute approximate surface area is 161 Å². The van der Waals surface area contributed by atoms with Crippen LogP contribution in [-0.2, 0) is 14.7 Å². The molecule has 1 saturated heterocycles. The number of benzene rings is 2. The van der Waals surface area contributed by atoms with Crippen molar-refractivity contribution < 1.29 is 14.0 Å². The zero-order chi connectivity index (χ0) is 19.6. The molecule has 0 unspecified atom stereocenters. The Morgan fingerprint density at radius 3 is 2.11 bits per heavy atom. The van der Waals surface area contributed by atoms with Gasteiger partial charge in [-0.3, -0.25) is 0 Å². The maximum Gasteiger partial charge on any atom is 0.500 e. The number of nitrogens with zero attached hydrogens (tertiary/aromatic N) is 1. The summed E-state index contributed by atoms with van der Waals surface area (Å²) in [6.07, 6.45) is 0. The Morgan fingerprint density at radius 1 is 0.852 bits per heavy atom. The van der Waals surface area contributed by atoms with Gasteiger partial charge in [0, 0.05) is 22.0 Å². The van der Waals surface area contributed by atoms with E-state index in [0.29, 0.717) is 16.8 Å². The fourth-order valence-corrected chi connectivity index (χ4v) is 3.82. The van der Waals surface area contributed by atoms with Crippen LogP contribution in [0.15, 0.2) is 36.4 Å². The first-order valence-corrected chi connectivity index (χ1v) is 9.29. The van der Waals surface area contributed by atoms with E-state index >= 15 is 0 Å². The largest absolute Gasteiger partial charge is 0.500 e. The molecule has 0 aliphatic carbocycles. The molecule has 2 aliphatic rings. The first-order valence-electron chi connectivity index (χ1n) is 9.29. The molecule has 2 aromatic rings. The summed E-state index contributed by atoms with van der Waals surface area (Å²) in [7, 11) is -0.652. The zero-order valence-electron chi connectivity index (χ0n) is 16.7. The molecule has 4 rings (SSSR count). The standard InChI is InChI=1S/C22H24BNO3/c1-20(2)15-9-7-8-10-17(15)25-19-16(20)12-11-14(13-24)18(19)23-26-21(3,4)22(5,6)27-23/h7-12H,1-6H3. The third-order valence-corrected chi connectivity index (χ3v) is 6.25. The summed E-state index contributed by atoms with van der Waals surface area (Å²) in [5, 5.41) is 9.75. The number of ether oxygens (including phenoxy) is 1. The lowest BCUT2D eigenvalue weighted by molar-refractivity contribution is 0.00578. The molecule has 2 heterocycles. The van der Waals surface area contributed by atoms with E-state index in [1.807, 2.05) is 58.0 Å². The van der Waals surface area contributed by atoms with Gasteiger partial charge in [0.1, 0.15) is 11.5 Å². The Hall–Kier alpha value is -2.29. The van der Waals surface area contributed by atoms with E-state index in [1.165, 1.54) is 0 Å². The van der Waals surface area contributed by atoms with Gasteiger partial charge in [0.2, 0.25) is 0 Å². The zero-order valence-corrected chi connectivity index (χ0v) is 16.7. The molecule has 0 atom stereocenters. The summed E-state index contributed by atoms with van der Waals surface area (Å²) >= 11 is 0. The van der Waals surface area contributed by atoms with Crippen LogP contribution in [0.3, 0.4) is 0 Å². The van der Waals surface area contributed by atoms with E-state index in [1.54, 1.807) is 0 Å². The van der Waals surface area contributed by atoms with Crippen molar-refractivity contribution in [1.29, 1.82) is 5.26 Å². The molecule has 1 fully saturated rings. The highest BCUT2D eigenvalue weighted by molar-refractivity contribution is 6.64. The van der Waals surface area contributed by atoms with Crippen molar-refractivity contribution in [1.82, 2.24) is 0 Å². The van der Waals surface area contributed by atoms with Gasteiger partial charge >= 0.3 is 7.12 Å². The summed E-state index contributed by atoms with van der Waals surface area (Å²) in [5.74, 6) is 1.49. The monoisotopic (exact) mass is 361 g/mol. The molecule has 0 radical (unpaired) electrons. The van der Waals surface area contributed by atoms with Crippen LogP contribution < -0.4 is 10.2 Å². The second-order valence-electron chi connectivity index (χ2n) is 8.83. The SMILES string of the molecule is CC1(C)c2ccccc2Oc2c1ccc(C#N)c2B1OC(C)(C)C(C)(C)O1. The summed E-state index contributed by atoms with van der Waals surface area (Å²) in [6.45, 7) is 12.4. The lowest BCUT2D eigenvalue weighted by atomic mass is 9.68. The minimum absolute atomic E-state index is 0.253. The van der Waals surface area contributed by atoms with Crippen LogP contribution in [-0.4, -0.2) is 18.3 Å². The van der Waals surface area contributed by atoms with E-state index in [-0.39, 0.29) is 5.41 Å². The Balaban J connectivity index is 1.92. The molecule has 0 aromatic heterocycles. The molecule has 5 heteroatoms. The number of hydrogen-bond donors (Lipinski definition) is 0. The van der Waals surface area contributed by atoms with Gasteiger partial charge in [-0.05, 0) is 39.8 Å². The Morgan fingerprint density at radius 2 is 1.48 bits per heavy atom. The van der Waals surface area contributed by atoms with Gasteiger partial charge in [0.15, 0.2) is 0 Å². The average molecular weight is 361 g/mol. The van der Waals surface area contributed by atoms with Crippen molar-refractivity contribution in [3.63, 3.8) is 0 Å². The van der Waals surface area contributed by atoms with Gasteiger partial charge in [-0.15, -0.1) is 0 Å². The molecule has 0 amide bonds. The first kappa shape index (κ1) is 18.1. The molecule has 0 N–H and O–H groups in total. The number of nitriles is 1. The third kappa shape index (κ3) is 2.51. The predicted molar refractivity (Wildman–Crippen MR) is 106 cm³/mol. The van der Waals surface area contributed by atoms with Crippen LogP contribution in [0.4, 0.5) is 0 Å². The highest BCUT2D eigenvalue weighted by Gasteiger charge is 2.54. The van der Waals surface area contributed by atoms with Crippen LogP contribution in [0.1, 0.15) is 58.2 Å². The molecule has 2 aliphatic heterocycles. The minimum Gasteiger partial charge on any atom is -0.457 e. The summed E-state index contributed by atoms with van der Waals surface area (Å²) in [6, 6.07) is 14.2. The second-order valence-corrected chi connectivity index (χ2v) is 8.83.